The number of likely N-dealkylation sites (tertiary alicyclic amines) is 1. The molecule has 0 bridgehead atoms. The fraction of sp³-hybridized carbons (Fsp3) is 0.818. The first-order chi connectivity index (χ1) is 6.13. The normalized spacial score (nSPS) is 29.2. The lowest BCUT2D eigenvalue weighted by Gasteiger charge is -2.12. The molecule has 2 atom stereocenters. The third-order valence-electron chi connectivity index (χ3n) is 2.72. The minimum atomic E-state index is 0.371. The molecule has 0 N–H and O–H groups in total. The first-order valence-corrected chi connectivity index (χ1v) is 5.57. The van der Waals surface area contributed by atoms with E-state index in [2.05, 4.69) is 31.7 Å². The van der Waals surface area contributed by atoms with Gasteiger partial charge in [-0.15, -0.1) is 11.6 Å². The second-order valence-corrected chi connectivity index (χ2v) is 4.74. The first kappa shape index (κ1) is 11.1. The Balaban J connectivity index is 2.36. The zero-order chi connectivity index (χ0) is 9.84. The largest absolute Gasteiger partial charge is 0.298 e. The van der Waals surface area contributed by atoms with E-state index in [1.165, 1.54) is 18.5 Å². The lowest BCUT2D eigenvalue weighted by Crippen LogP contribution is -2.21. The number of nitrogens with zero attached hydrogens (tertiary/aromatic N) is 1. The van der Waals surface area contributed by atoms with E-state index in [-0.39, 0.29) is 0 Å². The minimum Gasteiger partial charge on any atom is -0.298 e. The Bertz CT molecular complexity index is 185. The maximum atomic E-state index is 6.23. The van der Waals surface area contributed by atoms with Crippen LogP contribution in [-0.2, 0) is 0 Å². The van der Waals surface area contributed by atoms with Gasteiger partial charge in [0.2, 0.25) is 0 Å². The standard InChI is InChI=1S/C11H20ClN/c1-4-10-7-13(8-11(10)12)6-5-9(2)3/h5,10-11H,4,6-8H2,1-3H3. The van der Waals surface area contributed by atoms with E-state index >= 15 is 0 Å². The van der Waals surface area contributed by atoms with Gasteiger partial charge in [0.25, 0.3) is 0 Å². The van der Waals surface area contributed by atoms with Gasteiger partial charge in [0.15, 0.2) is 0 Å². The Kier molecular flexibility index (Phi) is 4.27. The molecule has 0 aromatic carbocycles. The second kappa shape index (κ2) is 5.02. The van der Waals surface area contributed by atoms with Crippen LogP contribution in [0.15, 0.2) is 11.6 Å². The minimum absolute atomic E-state index is 0.371. The summed E-state index contributed by atoms with van der Waals surface area (Å²) in [5.74, 6) is 0.701. The average molecular weight is 202 g/mol. The van der Waals surface area contributed by atoms with Crippen LogP contribution in [0, 0.1) is 5.92 Å². The van der Waals surface area contributed by atoms with E-state index in [0.29, 0.717) is 11.3 Å². The number of alkyl halides is 1. The van der Waals surface area contributed by atoms with Crippen LogP contribution in [0.4, 0.5) is 0 Å². The molecule has 0 amide bonds. The molecule has 1 aliphatic heterocycles. The predicted octanol–water partition coefficient (Wildman–Crippen LogP) is 2.90. The Morgan fingerprint density at radius 2 is 2.15 bits per heavy atom. The van der Waals surface area contributed by atoms with Crippen molar-refractivity contribution >= 4 is 11.6 Å². The third kappa shape index (κ3) is 3.32. The summed E-state index contributed by atoms with van der Waals surface area (Å²) >= 11 is 6.23. The summed E-state index contributed by atoms with van der Waals surface area (Å²) in [6.07, 6.45) is 3.49. The molecule has 0 saturated carbocycles. The summed E-state index contributed by atoms with van der Waals surface area (Å²) in [6, 6.07) is 0. The Hall–Kier alpha value is -0.0100. The summed E-state index contributed by atoms with van der Waals surface area (Å²) in [5.41, 5.74) is 1.39. The molecule has 1 saturated heterocycles. The molecule has 0 aromatic rings. The highest BCUT2D eigenvalue weighted by molar-refractivity contribution is 6.21. The van der Waals surface area contributed by atoms with Gasteiger partial charge in [-0.25, -0.2) is 0 Å². The maximum Gasteiger partial charge on any atom is 0.0503 e. The third-order valence-corrected chi connectivity index (χ3v) is 3.21. The van der Waals surface area contributed by atoms with Crippen molar-refractivity contribution < 1.29 is 0 Å². The number of allylic oxidation sites excluding steroid dienone is 1. The van der Waals surface area contributed by atoms with Crippen molar-refractivity contribution in [2.24, 2.45) is 5.92 Å². The monoisotopic (exact) mass is 201 g/mol. The van der Waals surface area contributed by atoms with Gasteiger partial charge in [-0.3, -0.25) is 4.90 Å². The van der Waals surface area contributed by atoms with Gasteiger partial charge in [0.1, 0.15) is 0 Å². The van der Waals surface area contributed by atoms with Gasteiger partial charge in [-0.05, 0) is 19.8 Å². The number of rotatable bonds is 3. The summed E-state index contributed by atoms with van der Waals surface area (Å²) < 4.78 is 0. The molecule has 76 valence electrons. The zero-order valence-electron chi connectivity index (χ0n) is 8.89. The van der Waals surface area contributed by atoms with Gasteiger partial charge >= 0.3 is 0 Å². The second-order valence-electron chi connectivity index (χ2n) is 4.18. The van der Waals surface area contributed by atoms with E-state index in [9.17, 15) is 0 Å². The van der Waals surface area contributed by atoms with Gasteiger partial charge in [-0.2, -0.15) is 0 Å². The fourth-order valence-electron chi connectivity index (χ4n) is 1.76. The summed E-state index contributed by atoms with van der Waals surface area (Å²) in [7, 11) is 0. The van der Waals surface area contributed by atoms with Gasteiger partial charge in [0, 0.05) is 19.6 Å². The molecule has 1 aliphatic rings. The van der Waals surface area contributed by atoms with E-state index in [4.69, 9.17) is 11.6 Å². The van der Waals surface area contributed by atoms with Crippen LogP contribution in [0.2, 0.25) is 0 Å². The molecule has 0 aromatic heterocycles. The van der Waals surface area contributed by atoms with Crippen LogP contribution in [0.1, 0.15) is 27.2 Å². The van der Waals surface area contributed by atoms with Gasteiger partial charge < -0.3 is 0 Å². The predicted molar refractivity (Wildman–Crippen MR) is 59.3 cm³/mol. The Morgan fingerprint density at radius 3 is 2.62 bits per heavy atom. The highest BCUT2D eigenvalue weighted by atomic mass is 35.5. The van der Waals surface area contributed by atoms with Crippen LogP contribution in [0.3, 0.4) is 0 Å². The highest BCUT2D eigenvalue weighted by Gasteiger charge is 2.28. The molecular weight excluding hydrogens is 182 g/mol. The topological polar surface area (TPSA) is 3.24 Å². The molecule has 0 radical (unpaired) electrons. The van der Waals surface area contributed by atoms with Gasteiger partial charge in [0.05, 0.1) is 5.38 Å². The summed E-state index contributed by atoms with van der Waals surface area (Å²) in [5, 5.41) is 0.371. The van der Waals surface area contributed by atoms with Crippen molar-refractivity contribution in [1.82, 2.24) is 4.90 Å². The SMILES string of the molecule is CCC1CN(CC=C(C)C)CC1Cl. The van der Waals surface area contributed by atoms with Crippen molar-refractivity contribution in [3.05, 3.63) is 11.6 Å². The van der Waals surface area contributed by atoms with Crippen LogP contribution in [-0.4, -0.2) is 29.9 Å². The molecule has 2 unspecified atom stereocenters. The highest BCUT2D eigenvalue weighted by Crippen LogP contribution is 2.24. The van der Waals surface area contributed by atoms with Crippen molar-refractivity contribution in [3.63, 3.8) is 0 Å². The molecule has 1 heterocycles. The van der Waals surface area contributed by atoms with E-state index < -0.39 is 0 Å². The molecule has 1 nitrogen and oxygen atoms in total. The number of hydrogen-bond acceptors (Lipinski definition) is 1. The maximum absolute atomic E-state index is 6.23. The first-order valence-electron chi connectivity index (χ1n) is 5.13. The summed E-state index contributed by atoms with van der Waals surface area (Å²) in [4.78, 5) is 2.44. The van der Waals surface area contributed by atoms with Gasteiger partial charge in [-0.1, -0.05) is 25.0 Å². The molecule has 2 heteroatoms. The molecular formula is C11H20ClN. The number of hydrogen-bond donors (Lipinski definition) is 0. The lowest BCUT2D eigenvalue weighted by atomic mass is 10.1. The number of halogens is 1. The van der Waals surface area contributed by atoms with Crippen LogP contribution >= 0.6 is 11.6 Å². The van der Waals surface area contributed by atoms with Crippen molar-refractivity contribution in [3.8, 4) is 0 Å². The van der Waals surface area contributed by atoms with Crippen LogP contribution < -0.4 is 0 Å². The quantitative estimate of drug-likeness (QED) is 0.502. The molecule has 1 fully saturated rings. The summed E-state index contributed by atoms with van der Waals surface area (Å²) in [6.45, 7) is 9.82. The molecule has 0 spiro atoms. The molecule has 1 rings (SSSR count). The van der Waals surface area contributed by atoms with Crippen LogP contribution in [0.5, 0.6) is 0 Å². The van der Waals surface area contributed by atoms with E-state index in [1.807, 2.05) is 0 Å². The van der Waals surface area contributed by atoms with Crippen LogP contribution in [0.25, 0.3) is 0 Å². The Morgan fingerprint density at radius 1 is 1.46 bits per heavy atom. The van der Waals surface area contributed by atoms with Crippen molar-refractivity contribution in [2.75, 3.05) is 19.6 Å². The van der Waals surface area contributed by atoms with E-state index in [0.717, 1.165) is 13.1 Å². The average Bonchev–Trinajstić information content (AvgIpc) is 2.43. The van der Waals surface area contributed by atoms with E-state index in [1.54, 1.807) is 0 Å². The molecule has 13 heavy (non-hydrogen) atoms. The fourth-order valence-corrected chi connectivity index (χ4v) is 2.21. The lowest BCUT2D eigenvalue weighted by molar-refractivity contribution is 0.356. The van der Waals surface area contributed by atoms with Crippen molar-refractivity contribution in [2.45, 2.75) is 32.6 Å². The molecule has 0 aliphatic carbocycles. The van der Waals surface area contributed by atoms with Crippen molar-refractivity contribution in [1.29, 1.82) is 0 Å². The Labute approximate surface area is 86.8 Å². The smallest absolute Gasteiger partial charge is 0.0503 e. The zero-order valence-corrected chi connectivity index (χ0v) is 9.64.